The molecule has 0 aromatic heterocycles. The maximum Gasteiger partial charge on any atom is 0.271 e. The molecule has 1 aliphatic heterocycles. The van der Waals surface area contributed by atoms with Crippen LogP contribution in [0, 0.1) is 6.92 Å². The van der Waals surface area contributed by atoms with Crippen LogP contribution in [0.3, 0.4) is 0 Å². The summed E-state index contributed by atoms with van der Waals surface area (Å²) in [6.45, 7) is 6.44. The van der Waals surface area contributed by atoms with Crippen molar-refractivity contribution in [1.29, 1.82) is 0 Å². The first-order chi connectivity index (χ1) is 11.5. The summed E-state index contributed by atoms with van der Waals surface area (Å²) in [6, 6.07) is 13.1. The summed E-state index contributed by atoms with van der Waals surface area (Å²) in [5.41, 5.74) is 2.01. The number of benzene rings is 2. The first-order valence-electron chi connectivity index (χ1n) is 8.38. The van der Waals surface area contributed by atoms with Crippen LogP contribution in [0.2, 0.25) is 0 Å². The van der Waals surface area contributed by atoms with Crippen LogP contribution in [0.5, 0.6) is 11.5 Å². The molecule has 3 rings (SSSR count). The van der Waals surface area contributed by atoms with Crippen LogP contribution < -0.4 is 9.64 Å². The van der Waals surface area contributed by atoms with Crippen LogP contribution >= 0.6 is 0 Å². The van der Waals surface area contributed by atoms with Crippen LogP contribution in [-0.4, -0.2) is 16.6 Å². The lowest BCUT2D eigenvalue weighted by molar-refractivity contribution is -0.136. The van der Waals surface area contributed by atoms with E-state index < -0.39 is 5.60 Å². The number of carbonyl (C=O) groups is 1. The van der Waals surface area contributed by atoms with Gasteiger partial charge in [-0.05, 0) is 37.5 Å². The summed E-state index contributed by atoms with van der Waals surface area (Å²) < 4.78 is 6.07. The van der Waals surface area contributed by atoms with Crippen molar-refractivity contribution in [3.63, 3.8) is 0 Å². The number of hydrogen-bond donors (Lipinski definition) is 1. The van der Waals surface area contributed by atoms with E-state index in [0.717, 1.165) is 5.56 Å². The number of carbonyl (C=O) groups excluding carboxylic acids is 1. The van der Waals surface area contributed by atoms with Gasteiger partial charge in [0.1, 0.15) is 11.5 Å². The Morgan fingerprint density at radius 3 is 2.38 bits per heavy atom. The van der Waals surface area contributed by atoms with Crippen LogP contribution in [0.4, 0.5) is 5.69 Å². The van der Waals surface area contributed by atoms with E-state index in [1.165, 1.54) is 5.56 Å². The molecule has 0 aliphatic carbocycles. The summed E-state index contributed by atoms with van der Waals surface area (Å²) in [6.07, 6.45) is 1.21. The van der Waals surface area contributed by atoms with E-state index in [4.69, 9.17) is 4.74 Å². The second-order valence-electron chi connectivity index (χ2n) is 6.33. The molecule has 0 spiro atoms. The van der Waals surface area contributed by atoms with E-state index in [9.17, 15) is 9.90 Å². The number of hydrogen-bond acceptors (Lipinski definition) is 3. The third-order valence-corrected chi connectivity index (χ3v) is 4.78. The number of anilines is 1. The molecule has 1 aliphatic rings. The van der Waals surface area contributed by atoms with Crippen molar-refractivity contribution in [2.45, 2.75) is 45.8 Å². The molecular weight excluding hydrogens is 302 g/mol. The average Bonchev–Trinajstić information content (AvgIpc) is 2.59. The van der Waals surface area contributed by atoms with Gasteiger partial charge in [0.15, 0.2) is 5.60 Å². The third-order valence-electron chi connectivity index (χ3n) is 4.78. The molecule has 1 N–H and O–H groups in total. The fourth-order valence-corrected chi connectivity index (χ4v) is 3.14. The Morgan fingerprint density at radius 2 is 1.75 bits per heavy atom. The number of ether oxygens (including phenoxy) is 1. The van der Waals surface area contributed by atoms with E-state index >= 15 is 0 Å². The van der Waals surface area contributed by atoms with Gasteiger partial charge in [-0.1, -0.05) is 43.7 Å². The predicted molar refractivity (Wildman–Crippen MR) is 94.4 cm³/mol. The van der Waals surface area contributed by atoms with Crippen molar-refractivity contribution >= 4 is 11.6 Å². The highest BCUT2D eigenvalue weighted by molar-refractivity contribution is 6.03. The number of fused-ring (bicyclic) bond motifs is 1. The second-order valence-corrected chi connectivity index (χ2v) is 6.33. The number of amides is 1. The van der Waals surface area contributed by atoms with Crippen LogP contribution in [-0.2, 0) is 11.3 Å². The minimum absolute atomic E-state index is 0.0498. The lowest BCUT2D eigenvalue weighted by atomic mass is 9.92. The van der Waals surface area contributed by atoms with Crippen molar-refractivity contribution in [2.24, 2.45) is 0 Å². The van der Waals surface area contributed by atoms with E-state index in [1.54, 1.807) is 23.1 Å². The Kier molecular flexibility index (Phi) is 4.22. The Bertz CT molecular complexity index is 748. The molecule has 0 bridgehead atoms. The number of nitrogens with zero attached hydrogens (tertiary/aromatic N) is 1. The predicted octanol–water partition coefficient (Wildman–Crippen LogP) is 4.19. The largest absolute Gasteiger partial charge is 0.508 e. The quantitative estimate of drug-likeness (QED) is 0.917. The summed E-state index contributed by atoms with van der Waals surface area (Å²) in [5.74, 6) is 0.717. The average molecular weight is 325 g/mol. The van der Waals surface area contributed by atoms with Crippen molar-refractivity contribution in [3.05, 3.63) is 53.6 Å². The van der Waals surface area contributed by atoms with Crippen LogP contribution in [0.1, 0.15) is 37.8 Å². The van der Waals surface area contributed by atoms with E-state index in [2.05, 4.69) is 0 Å². The number of aryl methyl sites for hydroxylation is 1. The Labute approximate surface area is 142 Å². The molecule has 126 valence electrons. The molecule has 0 radical (unpaired) electrons. The van der Waals surface area contributed by atoms with Gasteiger partial charge in [0.2, 0.25) is 0 Å². The molecule has 1 heterocycles. The molecule has 4 heteroatoms. The molecule has 0 atom stereocenters. The van der Waals surface area contributed by atoms with Crippen LogP contribution in [0.25, 0.3) is 0 Å². The smallest absolute Gasteiger partial charge is 0.271 e. The summed E-state index contributed by atoms with van der Waals surface area (Å²) in [4.78, 5) is 14.9. The number of aromatic hydroxyl groups is 1. The highest BCUT2D eigenvalue weighted by Gasteiger charge is 2.45. The lowest BCUT2D eigenvalue weighted by Crippen LogP contribution is -2.55. The Hall–Kier alpha value is -2.49. The Balaban J connectivity index is 2.05. The Morgan fingerprint density at radius 1 is 1.08 bits per heavy atom. The van der Waals surface area contributed by atoms with Gasteiger partial charge in [0, 0.05) is 6.07 Å². The zero-order valence-corrected chi connectivity index (χ0v) is 14.4. The van der Waals surface area contributed by atoms with Gasteiger partial charge < -0.3 is 14.7 Å². The maximum absolute atomic E-state index is 13.2. The van der Waals surface area contributed by atoms with E-state index in [1.807, 2.05) is 45.0 Å². The fraction of sp³-hybridized carbons (Fsp3) is 0.350. The normalized spacial score (nSPS) is 15.8. The van der Waals surface area contributed by atoms with Crippen LogP contribution in [0.15, 0.2) is 42.5 Å². The highest BCUT2D eigenvalue weighted by atomic mass is 16.5. The van der Waals surface area contributed by atoms with E-state index in [0.29, 0.717) is 30.8 Å². The summed E-state index contributed by atoms with van der Waals surface area (Å²) in [7, 11) is 0. The standard InChI is InChI=1S/C20H23NO3/c1-4-20(5-2)19(23)21(13-15-8-6-14(3)7-9-15)17-12-16(22)10-11-18(17)24-20/h6-12,22H,4-5,13H2,1-3H3. The molecule has 0 saturated carbocycles. The van der Waals surface area contributed by atoms with Gasteiger partial charge in [-0.2, -0.15) is 0 Å². The number of phenols is 1. The minimum atomic E-state index is -0.839. The summed E-state index contributed by atoms with van der Waals surface area (Å²) >= 11 is 0. The first kappa shape index (κ1) is 16.4. The molecule has 0 unspecified atom stereocenters. The topological polar surface area (TPSA) is 49.8 Å². The van der Waals surface area contributed by atoms with Gasteiger partial charge in [0.25, 0.3) is 5.91 Å². The second kappa shape index (κ2) is 6.19. The van der Waals surface area contributed by atoms with Gasteiger partial charge in [-0.25, -0.2) is 0 Å². The first-order valence-corrected chi connectivity index (χ1v) is 8.38. The SMILES string of the molecule is CCC1(CC)Oc2ccc(O)cc2N(Cc2ccc(C)cc2)C1=O. The molecule has 0 fully saturated rings. The zero-order valence-electron chi connectivity index (χ0n) is 14.4. The van der Waals surface area contributed by atoms with Crippen molar-refractivity contribution in [2.75, 3.05) is 4.90 Å². The molecule has 1 amide bonds. The summed E-state index contributed by atoms with van der Waals surface area (Å²) in [5, 5.41) is 9.85. The maximum atomic E-state index is 13.2. The van der Waals surface area contributed by atoms with Gasteiger partial charge >= 0.3 is 0 Å². The molecular formula is C20H23NO3. The molecule has 2 aromatic carbocycles. The molecule has 2 aromatic rings. The lowest BCUT2D eigenvalue weighted by Gasteiger charge is -2.42. The zero-order chi connectivity index (χ0) is 17.3. The molecule has 24 heavy (non-hydrogen) atoms. The monoisotopic (exact) mass is 325 g/mol. The molecule has 4 nitrogen and oxygen atoms in total. The van der Waals surface area contributed by atoms with Gasteiger partial charge in [-0.15, -0.1) is 0 Å². The number of rotatable bonds is 4. The number of phenolic OH excluding ortho intramolecular Hbond substituents is 1. The van der Waals surface area contributed by atoms with E-state index in [-0.39, 0.29) is 11.7 Å². The van der Waals surface area contributed by atoms with Gasteiger partial charge in [0.05, 0.1) is 12.2 Å². The third kappa shape index (κ3) is 2.73. The van der Waals surface area contributed by atoms with Crippen molar-refractivity contribution in [3.8, 4) is 11.5 Å². The van der Waals surface area contributed by atoms with Crippen molar-refractivity contribution < 1.29 is 14.6 Å². The van der Waals surface area contributed by atoms with Crippen molar-refractivity contribution in [1.82, 2.24) is 0 Å². The minimum Gasteiger partial charge on any atom is -0.508 e. The van der Waals surface area contributed by atoms with Gasteiger partial charge in [-0.3, -0.25) is 4.79 Å². The highest BCUT2D eigenvalue weighted by Crippen LogP contribution is 2.42. The fourth-order valence-electron chi connectivity index (χ4n) is 3.14. The molecule has 0 saturated heterocycles.